The van der Waals surface area contributed by atoms with Crippen LogP contribution in [0.15, 0.2) is 0 Å². The molecule has 0 saturated heterocycles. The van der Waals surface area contributed by atoms with Gasteiger partial charge < -0.3 is 60.0 Å². The van der Waals surface area contributed by atoms with E-state index in [0.717, 1.165) is 0 Å². The van der Waals surface area contributed by atoms with Crippen LogP contribution < -0.4 is 40.9 Å². The molecule has 100 valence electrons. The van der Waals surface area contributed by atoms with Crippen LogP contribution in [0.1, 0.15) is 0 Å². The van der Waals surface area contributed by atoms with Gasteiger partial charge in [0.1, 0.15) is 0 Å². The van der Waals surface area contributed by atoms with E-state index in [0.29, 0.717) is 0 Å². The monoisotopic (exact) mass is 598 g/mol. The largest absolute Gasteiger partial charge is 4.00 e. The smallest absolute Gasteiger partial charge is 2.00 e. The Hall–Kier alpha value is 2.27. The average Bonchev–Trinajstić information content (AvgIpc) is 1.76. The second kappa shape index (κ2) is 42.9. The number of rotatable bonds is 0. The van der Waals surface area contributed by atoms with Gasteiger partial charge in [-0.3, -0.25) is 0 Å². The third-order valence-corrected chi connectivity index (χ3v) is 0. The fourth-order valence-corrected chi connectivity index (χ4v) is 0. The SMILES string of the molecule is O=C([O-])[O-].O=C([O-])[O-].O=C([O-])[O-].O=C([O-])[O-].[Ba+2].[CaH2].[Sr+2].[Zr+4]. The molecule has 0 fully saturated rings. The van der Waals surface area contributed by atoms with Crippen molar-refractivity contribution in [1.29, 1.82) is 0 Å². The summed E-state index contributed by atoms with van der Waals surface area (Å²) in [5, 5.41) is 66.7. The Balaban J connectivity index is -0.0000000150. The van der Waals surface area contributed by atoms with Gasteiger partial charge in [0, 0.05) is 0 Å². The van der Waals surface area contributed by atoms with Crippen LogP contribution in [0.3, 0.4) is 0 Å². The Morgan fingerprint density at radius 1 is 0.500 bits per heavy atom. The van der Waals surface area contributed by atoms with Gasteiger partial charge in [0.05, 0.1) is 0 Å². The molecule has 0 unspecified atom stereocenters. The predicted molar refractivity (Wildman–Crippen MR) is 41.6 cm³/mol. The minimum absolute atomic E-state index is 0. The van der Waals surface area contributed by atoms with Gasteiger partial charge in [-0.2, -0.15) is 0 Å². The van der Waals surface area contributed by atoms with Crippen molar-refractivity contribution in [2.24, 2.45) is 0 Å². The van der Waals surface area contributed by atoms with Gasteiger partial charge >= 0.3 is 158 Å². The molecule has 0 aliphatic heterocycles. The minimum atomic E-state index is -2.33. The molecule has 0 saturated carbocycles. The molecule has 0 bridgehead atoms. The van der Waals surface area contributed by atoms with Crippen molar-refractivity contribution in [2.45, 2.75) is 0 Å². The van der Waals surface area contributed by atoms with Crippen LogP contribution in [-0.4, -0.2) is 157 Å². The molecule has 0 aliphatic carbocycles. The fourth-order valence-electron chi connectivity index (χ4n) is 0. The van der Waals surface area contributed by atoms with Gasteiger partial charge in [0.2, 0.25) is 0 Å². The van der Waals surface area contributed by atoms with Gasteiger partial charge in [0.25, 0.3) is 0 Å². The minimum Gasteiger partial charge on any atom is 2.00 e. The maximum absolute atomic E-state index is 8.33. The van der Waals surface area contributed by atoms with Crippen molar-refractivity contribution in [3.8, 4) is 0 Å². The first kappa shape index (κ1) is 49.5. The van der Waals surface area contributed by atoms with Crippen molar-refractivity contribution in [3.63, 3.8) is 0 Å². The summed E-state index contributed by atoms with van der Waals surface area (Å²) in [5.74, 6) is 0. The molecule has 0 aromatic rings. The number of carbonyl (C=O) groups excluding carboxylic acids is 4. The summed E-state index contributed by atoms with van der Waals surface area (Å²) in [6.45, 7) is 0. The fraction of sp³-hybridized carbons (Fsp3) is 0. The molecule has 0 spiro atoms. The second-order valence-corrected chi connectivity index (χ2v) is 1.00. The summed E-state index contributed by atoms with van der Waals surface area (Å²) >= 11 is 0. The van der Waals surface area contributed by atoms with Gasteiger partial charge in [-0.1, -0.05) is 0 Å². The summed E-state index contributed by atoms with van der Waals surface area (Å²) in [5.41, 5.74) is 0. The first-order chi connectivity index (χ1) is 6.93. The third-order valence-electron chi connectivity index (χ3n) is 0. The molecule has 12 nitrogen and oxygen atoms in total. The molecule has 0 rings (SSSR count). The van der Waals surface area contributed by atoms with Gasteiger partial charge in [-0.05, 0) is 24.6 Å². The molecule has 0 radical (unpaired) electrons. The van der Waals surface area contributed by atoms with Gasteiger partial charge in [-0.15, -0.1) is 0 Å². The zero-order chi connectivity index (χ0) is 14.3. The number of carbonyl (C=O) groups is 4. The first-order valence-electron chi connectivity index (χ1n) is 2.45. The first-order valence-corrected chi connectivity index (χ1v) is 2.45. The summed E-state index contributed by atoms with van der Waals surface area (Å²) < 4.78 is 0. The Morgan fingerprint density at radius 2 is 0.500 bits per heavy atom. The molecule has 0 atom stereocenters. The maximum Gasteiger partial charge on any atom is 4.00 e. The molecule has 0 heterocycles. The number of hydrogen-bond donors (Lipinski definition) is 0. The second-order valence-electron chi connectivity index (χ2n) is 1.00. The Morgan fingerprint density at radius 3 is 0.500 bits per heavy atom. The van der Waals surface area contributed by atoms with Crippen LogP contribution in [0.4, 0.5) is 19.2 Å². The normalized spacial score (nSPS) is 4.80. The Kier molecular flexibility index (Phi) is 106. The number of hydrogen-bond acceptors (Lipinski definition) is 12. The zero-order valence-electron chi connectivity index (χ0n) is 8.81. The van der Waals surface area contributed by atoms with Gasteiger partial charge in [0.15, 0.2) is 0 Å². The van der Waals surface area contributed by atoms with E-state index in [-0.39, 0.29) is 158 Å². The maximum atomic E-state index is 8.33. The Bertz CT molecular complexity index is 175. The summed E-state index contributed by atoms with van der Waals surface area (Å²) in [6, 6.07) is 0. The number of carboxylic acid groups (broad SMARTS) is 8. The molecule has 0 aromatic heterocycles. The quantitative estimate of drug-likeness (QED) is 0.236. The average molecular weight is 598 g/mol. The molecule has 0 amide bonds. The summed E-state index contributed by atoms with van der Waals surface area (Å²) in [7, 11) is 0. The topological polar surface area (TPSA) is 253 Å². The van der Waals surface area contributed by atoms with Gasteiger partial charge in [-0.25, -0.2) is 0 Å². The Labute approximate surface area is 237 Å². The molecule has 0 aliphatic rings. The summed E-state index contributed by atoms with van der Waals surface area (Å²) in [4.78, 5) is 33.3. The van der Waals surface area contributed by atoms with E-state index in [4.69, 9.17) is 60.0 Å². The van der Waals surface area contributed by atoms with Crippen LogP contribution in [-0.2, 0) is 26.2 Å². The molecule has 0 N–H and O–H groups in total. The van der Waals surface area contributed by atoms with Crippen molar-refractivity contribution >= 4 is 157 Å². The molecular weight excluding hydrogens is 596 g/mol. The van der Waals surface area contributed by atoms with E-state index in [1.807, 2.05) is 0 Å². The van der Waals surface area contributed by atoms with E-state index >= 15 is 0 Å². The third kappa shape index (κ3) is 1460. The standard InChI is InChI=1S/4CH2O3.Ba.Ca.Sr.Zr.2H/c4*2-1(3)4;;;;;;/h4*(H2,2,3,4);;;;;;/q;;;;+2;;+2;+4;;/p-8. The van der Waals surface area contributed by atoms with Crippen LogP contribution in [0.2, 0.25) is 0 Å². The van der Waals surface area contributed by atoms with E-state index in [9.17, 15) is 0 Å². The van der Waals surface area contributed by atoms with Crippen molar-refractivity contribution in [2.75, 3.05) is 0 Å². The van der Waals surface area contributed by atoms with E-state index in [1.165, 1.54) is 0 Å². The van der Waals surface area contributed by atoms with E-state index in [1.54, 1.807) is 0 Å². The van der Waals surface area contributed by atoms with Crippen LogP contribution >= 0.6 is 0 Å². The molecular formula is C4H2BaCaO12SrZr. The van der Waals surface area contributed by atoms with Crippen molar-refractivity contribution in [1.82, 2.24) is 0 Å². The zero-order valence-corrected chi connectivity index (χ0v) is 19.2. The van der Waals surface area contributed by atoms with Crippen LogP contribution in [0.25, 0.3) is 0 Å². The van der Waals surface area contributed by atoms with E-state index < -0.39 is 24.6 Å². The van der Waals surface area contributed by atoms with Crippen molar-refractivity contribution in [3.05, 3.63) is 0 Å². The molecule has 16 heteroatoms. The molecule has 20 heavy (non-hydrogen) atoms. The van der Waals surface area contributed by atoms with E-state index in [2.05, 4.69) is 0 Å². The van der Waals surface area contributed by atoms with Crippen molar-refractivity contribution < 1.29 is 86.2 Å². The van der Waals surface area contributed by atoms with Crippen LogP contribution in [0.5, 0.6) is 0 Å². The van der Waals surface area contributed by atoms with Crippen LogP contribution in [0, 0.1) is 0 Å². The summed E-state index contributed by atoms with van der Waals surface area (Å²) in [6.07, 6.45) is -9.33. The molecule has 0 aromatic carbocycles. The predicted octanol–water partition coefficient (Wildman–Crippen LogP) is -11.5.